The van der Waals surface area contributed by atoms with Crippen molar-refractivity contribution >= 4 is 28.6 Å². The Kier molecular flexibility index (Phi) is 7.05. The van der Waals surface area contributed by atoms with Crippen molar-refractivity contribution in [1.82, 2.24) is 20.4 Å². The minimum Gasteiger partial charge on any atom is -0.444 e. The van der Waals surface area contributed by atoms with Crippen molar-refractivity contribution < 1.29 is 14.3 Å². The number of carbonyl (C=O) groups excluding carboxylic acids is 2. The summed E-state index contributed by atoms with van der Waals surface area (Å²) in [5, 5.41) is 14.4. The summed E-state index contributed by atoms with van der Waals surface area (Å²) in [6.45, 7) is 7.47. The second-order valence-corrected chi connectivity index (χ2v) is 9.70. The molecule has 0 bridgehead atoms. The topological polar surface area (TPSA) is 99.3 Å². The van der Waals surface area contributed by atoms with E-state index in [2.05, 4.69) is 45.1 Å². The summed E-state index contributed by atoms with van der Waals surface area (Å²) in [7, 11) is 0. The molecule has 0 unspecified atom stereocenters. The molecule has 34 heavy (non-hydrogen) atoms. The standard InChI is InChI=1S/C26H33N5O3/c1-26(2,3)34-25(33)27-15-12-18-8-10-19(11-9-18)28-20-13-16-31(17-14-20)24(32)23-21-6-4-5-7-22(21)29-30-23/h4-11,20,28H,12-17H2,1-3H3,(H,27,33)(H,29,30). The highest BCUT2D eigenvalue weighted by Gasteiger charge is 2.26. The maximum Gasteiger partial charge on any atom is 0.407 e. The fourth-order valence-corrected chi connectivity index (χ4v) is 4.13. The third-order valence-electron chi connectivity index (χ3n) is 5.86. The molecule has 1 fully saturated rings. The number of amides is 2. The number of ether oxygens (including phenoxy) is 1. The highest BCUT2D eigenvalue weighted by atomic mass is 16.6. The summed E-state index contributed by atoms with van der Waals surface area (Å²) in [5.41, 5.74) is 3.10. The number of alkyl carbamates (subject to hydrolysis) is 1. The molecule has 0 spiro atoms. The van der Waals surface area contributed by atoms with Crippen molar-refractivity contribution in [3.05, 3.63) is 59.8 Å². The van der Waals surface area contributed by atoms with Gasteiger partial charge in [0.1, 0.15) is 5.60 Å². The SMILES string of the molecule is CC(C)(C)OC(=O)NCCc1ccc(NC2CCN(C(=O)c3n[nH]c4ccccc34)CC2)cc1. The molecule has 8 heteroatoms. The number of aromatic nitrogens is 2. The van der Waals surface area contributed by atoms with E-state index >= 15 is 0 Å². The normalized spacial score (nSPS) is 14.7. The minimum atomic E-state index is -0.492. The van der Waals surface area contributed by atoms with Crippen molar-refractivity contribution in [1.29, 1.82) is 0 Å². The fraction of sp³-hybridized carbons (Fsp3) is 0.423. The van der Waals surface area contributed by atoms with E-state index in [-0.39, 0.29) is 5.91 Å². The largest absolute Gasteiger partial charge is 0.444 e. The Hall–Kier alpha value is -3.55. The molecule has 0 radical (unpaired) electrons. The molecule has 8 nitrogen and oxygen atoms in total. The first-order valence-corrected chi connectivity index (χ1v) is 11.8. The van der Waals surface area contributed by atoms with Gasteiger partial charge in [0.2, 0.25) is 0 Å². The lowest BCUT2D eigenvalue weighted by Crippen LogP contribution is -2.42. The molecule has 2 amide bonds. The summed E-state index contributed by atoms with van der Waals surface area (Å²) >= 11 is 0. The van der Waals surface area contributed by atoms with Gasteiger partial charge < -0.3 is 20.3 Å². The Labute approximate surface area is 200 Å². The summed E-state index contributed by atoms with van der Waals surface area (Å²) in [6.07, 6.45) is 2.11. The Morgan fingerprint density at radius 1 is 1.09 bits per heavy atom. The smallest absolute Gasteiger partial charge is 0.407 e. The van der Waals surface area contributed by atoms with E-state index in [0.717, 1.165) is 41.4 Å². The zero-order valence-corrected chi connectivity index (χ0v) is 20.1. The highest BCUT2D eigenvalue weighted by molar-refractivity contribution is 6.04. The molecule has 180 valence electrons. The summed E-state index contributed by atoms with van der Waals surface area (Å²) in [6, 6.07) is 16.3. The molecule has 1 aliphatic heterocycles. The maximum absolute atomic E-state index is 13.0. The zero-order chi connectivity index (χ0) is 24.1. The maximum atomic E-state index is 13.0. The Morgan fingerprint density at radius 3 is 2.50 bits per heavy atom. The number of piperidine rings is 1. The van der Waals surface area contributed by atoms with E-state index in [1.807, 2.05) is 49.9 Å². The molecule has 4 rings (SSSR count). The van der Waals surface area contributed by atoms with Crippen LogP contribution in [-0.2, 0) is 11.2 Å². The Balaban J connectivity index is 1.22. The number of nitrogens with zero attached hydrogens (tertiary/aromatic N) is 2. The molecule has 1 aliphatic rings. The quantitative estimate of drug-likeness (QED) is 0.505. The predicted octanol–water partition coefficient (Wildman–Crippen LogP) is 4.35. The molecule has 2 aromatic carbocycles. The number of aromatic amines is 1. The number of hydrogen-bond acceptors (Lipinski definition) is 5. The predicted molar refractivity (Wildman–Crippen MR) is 133 cm³/mol. The van der Waals surface area contributed by atoms with Gasteiger partial charge in [0.15, 0.2) is 5.69 Å². The van der Waals surface area contributed by atoms with Crippen LogP contribution < -0.4 is 10.6 Å². The lowest BCUT2D eigenvalue weighted by atomic mass is 10.0. The third kappa shape index (κ3) is 6.07. The number of hydrogen-bond donors (Lipinski definition) is 3. The monoisotopic (exact) mass is 463 g/mol. The van der Waals surface area contributed by atoms with Crippen LogP contribution >= 0.6 is 0 Å². The van der Waals surface area contributed by atoms with Gasteiger partial charge in [0.05, 0.1) is 5.52 Å². The van der Waals surface area contributed by atoms with Crippen LogP contribution in [0, 0.1) is 0 Å². The van der Waals surface area contributed by atoms with Gasteiger partial charge >= 0.3 is 6.09 Å². The number of benzene rings is 2. The second kappa shape index (κ2) is 10.2. The average molecular weight is 464 g/mol. The number of anilines is 1. The minimum absolute atomic E-state index is 0.0137. The van der Waals surface area contributed by atoms with Crippen LogP contribution in [0.2, 0.25) is 0 Å². The molecular weight excluding hydrogens is 430 g/mol. The number of para-hydroxylation sites is 1. The van der Waals surface area contributed by atoms with Crippen LogP contribution in [0.3, 0.4) is 0 Å². The molecule has 2 heterocycles. The van der Waals surface area contributed by atoms with Gasteiger partial charge in [-0.25, -0.2) is 4.79 Å². The molecular formula is C26H33N5O3. The Bertz CT molecular complexity index is 1130. The van der Waals surface area contributed by atoms with Gasteiger partial charge in [-0.05, 0) is 63.8 Å². The second-order valence-electron chi connectivity index (χ2n) is 9.70. The first kappa shape index (κ1) is 23.6. The van der Waals surface area contributed by atoms with E-state index < -0.39 is 11.7 Å². The molecule has 0 saturated carbocycles. The van der Waals surface area contributed by atoms with E-state index in [1.54, 1.807) is 0 Å². The number of nitrogens with one attached hydrogen (secondary N) is 3. The number of H-pyrrole nitrogens is 1. The van der Waals surface area contributed by atoms with Crippen molar-refractivity contribution in [2.45, 2.75) is 51.7 Å². The number of carbonyl (C=O) groups is 2. The van der Waals surface area contributed by atoms with E-state index in [4.69, 9.17) is 4.74 Å². The number of fused-ring (bicyclic) bond motifs is 1. The first-order valence-electron chi connectivity index (χ1n) is 11.8. The van der Waals surface area contributed by atoms with Crippen molar-refractivity contribution in [2.24, 2.45) is 0 Å². The Morgan fingerprint density at radius 2 is 1.79 bits per heavy atom. The highest BCUT2D eigenvalue weighted by Crippen LogP contribution is 2.21. The van der Waals surface area contributed by atoms with Crippen LogP contribution in [0.1, 0.15) is 49.7 Å². The summed E-state index contributed by atoms with van der Waals surface area (Å²) < 4.78 is 5.25. The summed E-state index contributed by atoms with van der Waals surface area (Å²) in [4.78, 5) is 26.6. The average Bonchev–Trinajstić information content (AvgIpc) is 3.23. The van der Waals surface area contributed by atoms with Crippen LogP contribution in [0.5, 0.6) is 0 Å². The molecule has 1 aromatic heterocycles. The van der Waals surface area contributed by atoms with Crippen LogP contribution in [0.25, 0.3) is 10.9 Å². The third-order valence-corrected chi connectivity index (χ3v) is 5.86. The van der Waals surface area contributed by atoms with E-state index in [9.17, 15) is 9.59 Å². The van der Waals surface area contributed by atoms with Crippen molar-refractivity contribution in [3.8, 4) is 0 Å². The van der Waals surface area contributed by atoms with Gasteiger partial charge in [0.25, 0.3) is 5.91 Å². The van der Waals surface area contributed by atoms with Gasteiger partial charge in [-0.2, -0.15) is 5.10 Å². The van der Waals surface area contributed by atoms with Gasteiger partial charge in [-0.15, -0.1) is 0 Å². The van der Waals surface area contributed by atoms with Gasteiger partial charge in [-0.1, -0.05) is 30.3 Å². The zero-order valence-electron chi connectivity index (χ0n) is 20.1. The van der Waals surface area contributed by atoms with E-state index in [1.165, 1.54) is 0 Å². The summed E-state index contributed by atoms with van der Waals surface area (Å²) in [5.74, 6) is -0.0137. The number of likely N-dealkylation sites (tertiary alicyclic amines) is 1. The number of rotatable bonds is 6. The fourth-order valence-electron chi connectivity index (χ4n) is 4.13. The van der Waals surface area contributed by atoms with Gasteiger partial charge in [-0.3, -0.25) is 9.89 Å². The molecule has 3 aromatic rings. The van der Waals surface area contributed by atoms with Crippen LogP contribution in [-0.4, -0.2) is 58.4 Å². The lowest BCUT2D eigenvalue weighted by Gasteiger charge is -2.32. The molecule has 0 aliphatic carbocycles. The van der Waals surface area contributed by atoms with Crippen molar-refractivity contribution in [3.63, 3.8) is 0 Å². The van der Waals surface area contributed by atoms with Crippen molar-refractivity contribution in [2.75, 3.05) is 25.0 Å². The van der Waals surface area contributed by atoms with Gasteiger partial charge in [0, 0.05) is 36.7 Å². The molecule has 3 N–H and O–H groups in total. The van der Waals surface area contributed by atoms with Crippen LogP contribution in [0.4, 0.5) is 10.5 Å². The molecule has 0 atom stereocenters. The first-order chi connectivity index (χ1) is 16.3. The van der Waals surface area contributed by atoms with Crippen LogP contribution in [0.15, 0.2) is 48.5 Å². The lowest BCUT2D eigenvalue weighted by molar-refractivity contribution is 0.0528. The van der Waals surface area contributed by atoms with E-state index in [0.29, 0.717) is 31.4 Å². The molecule has 1 saturated heterocycles.